The first-order chi connectivity index (χ1) is 10.4. The lowest BCUT2D eigenvalue weighted by Gasteiger charge is -2.23. The molecule has 0 N–H and O–H groups in total. The number of esters is 1. The number of hydrogen-bond acceptors (Lipinski definition) is 5. The number of carbonyl (C=O) groups is 3. The monoisotopic (exact) mass is 301 g/mol. The molecule has 1 saturated carbocycles. The maximum absolute atomic E-state index is 12.2. The van der Waals surface area contributed by atoms with Crippen molar-refractivity contribution in [3.05, 3.63) is 47.2 Å². The highest BCUT2D eigenvalue weighted by molar-refractivity contribution is 6.22. The van der Waals surface area contributed by atoms with E-state index in [1.807, 2.05) is 0 Å². The molecule has 0 bridgehead atoms. The molecule has 0 aromatic heterocycles. The number of Topliss-reactive ketones (excluding diaryl/α,β-unsaturated/α-hetero) is 2. The Balaban J connectivity index is 2.17. The highest BCUT2D eigenvalue weighted by Gasteiger charge is 2.31. The van der Waals surface area contributed by atoms with Crippen molar-refractivity contribution in [1.82, 2.24) is 4.90 Å². The van der Waals surface area contributed by atoms with Crippen molar-refractivity contribution in [2.45, 2.75) is 18.8 Å². The molecule has 0 heterocycles. The molecule has 0 spiro atoms. The van der Waals surface area contributed by atoms with E-state index >= 15 is 0 Å². The molecule has 0 radical (unpaired) electrons. The van der Waals surface area contributed by atoms with Gasteiger partial charge in [-0.05, 0) is 23.6 Å². The summed E-state index contributed by atoms with van der Waals surface area (Å²) in [5.41, 5.74) is 1.61. The number of hydrogen-bond donors (Lipinski definition) is 0. The molecular weight excluding hydrogens is 282 g/mol. The SMILES string of the molecule is COC(=O)c1ccc(C2CC(=O)C(=CN(C)C)C(=O)C2)cc1. The molecule has 5 nitrogen and oxygen atoms in total. The van der Waals surface area contributed by atoms with Crippen LogP contribution in [0.4, 0.5) is 0 Å². The van der Waals surface area contributed by atoms with Crippen molar-refractivity contribution in [2.24, 2.45) is 0 Å². The summed E-state index contributed by atoms with van der Waals surface area (Å²) in [6.45, 7) is 0. The molecule has 0 amide bonds. The number of ketones is 2. The second-order valence-corrected chi connectivity index (χ2v) is 5.57. The van der Waals surface area contributed by atoms with Crippen molar-refractivity contribution in [2.75, 3.05) is 21.2 Å². The van der Waals surface area contributed by atoms with Crippen molar-refractivity contribution in [1.29, 1.82) is 0 Å². The molecule has 1 aliphatic rings. The molecule has 1 aromatic carbocycles. The Bertz CT molecular complexity index is 609. The van der Waals surface area contributed by atoms with Gasteiger partial charge in [0.15, 0.2) is 11.6 Å². The Hall–Kier alpha value is -2.43. The predicted molar refractivity (Wildman–Crippen MR) is 81.5 cm³/mol. The second-order valence-electron chi connectivity index (χ2n) is 5.57. The molecule has 5 heteroatoms. The minimum Gasteiger partial charge on any atom is -0.465 e. The van der Waals surface area contributed by atoms with Crippen LogP contribution in [-0.2, 0) is 14.3 Å². The first kappa shape index (κ1) is 15.9. The van der Waals surface area contributed by atoms with Gasteiger partial charge in [0, 0.05) is 33.1 Å². The fourth-order valence-corrected chi connectivity index (χ4v) is 2.54. The maximum Gasteiger partial charge on any atom is 0.337 e. The van der Waals surface area contributed by atoms with Gasteiger partial charge in [-0.1, -0.05) is 12.1 Å². The van der Waals surface area contributed by atoms with E-state index in [-0.39, 0.29) is 23.1 Å². The maximum atomic E-state index is 12.2. The molecule has 1 aromatic rings. The molecule has 22 heavy (non-hydrogen) atoms. The zero-order chi connectivity index (χ0) is 16.3. The van der Waals surface area contributed by atoms with E-state index in [9.17, 15) is 14.4 Å². The minimum atomic E-state index is -0.404. The van der Waals surface area contributed by atoms with Gasteiger partial charge in [-0.25, -0.2) is 4.79 Å². The van der Waals surface area contributed by atoms with Crippen molar-refractivity contribution in [3.8, 4) is 0 Å². The van der Waals surface area contributed by atoms with E-state index in [0.29, 0.717) is 18.4 Å². The van der Waals surface area contributed by atoms with Crippen LogP contribution in [0.5, 0.6) is 0 Å². The van der Waals surface area contributed by atoms with Crippen molar-refractivity contribution >= 4 is 17.5 Å². The zero-order valence-electron chi connectivity index (χ0n) is 13.0. The van der Waals surface area contributed by atoms with Crippen LogP contribution in [-0.4, -0.2) is 43.6 Å². The van der Waals surface area contributed by atoms with Gasteiger partial charge in [0.05, 0.1) is 18.2 Å². The smallest absolute Gasteiger partial charge is 0.337 e. The van der Waals surface area contributed by atoms with Crippen LogP contribution in [0.25, 0.3) is 0 Å². The second kappa shape index (κ2) is 6.56. The third kappa shape index (κ3) is 3.42. The van der Waals surface area contributed by atoms with Crippen LogP contribution in [0, 0.1) is 0 Å². The first-order valence-electron chi connectivity index (χ1n) is 7.05. The molecule has 116 valence electrons. The average molecular weight is 301 g/mol. The Kier molecular flexibility index (Phi) is 4.75. The zero-order valence-corrected chi connectivity index (χ0v) is 13.0. The normalized spacial score (nSPS) is 18.1. The number of rotatable bonds is 3. The largest absolute Gasteiger partial charge is 0.465 e. The fourth-order valence-electron chi connectivity index (χ4n) is 2.54. The lowest BCUT2D eigenvalue weighted by atomic mass is 9.80. The fraction of sp³-hybridized carbons (Fsp3) is 0.353. The van der Waals surface area contributed by atoms with E-state index in [0.717, 1.165) is 5.56 Å². The molecule has 0 saturated heterocycles. The van der Waals surface area contributed by atoms with Gasteiger partial charge in [0.25, 0.3) is 0 Å². The third-order valence-corrected chi connectivity index (χ3v) is 3.65. The Labute approximate surface area is 129 Å². The molecule has 0 aliphatic heterocycles. The summed E-state index contributed by atoms with van der Waals surface area (Å²) in [4.78, 5) is 37.4. The number of allylic oxidation sites excluding steroid dienone is 1. The minimum absolute atomic E-state index is 0.132. The standard InChI is InChI=1S/C17H19NO4/c1-18(2)10-14-15(19)8-13(9-16(14)20)11-4-6-12(7-5-11)17(21)22-3/h4-7,10,13H,8-9H2,1-3H3. The molecule has 1 aliphatic carbocycles. The Morgan fingerprint density at radius 3 is 2.14 bits per heavy atom. The lowest BCUT2D eigenvalue weighted by Crippen LogP contribution is -2.26. The molecule has 0 unspecified atom stereocenters. The van der Waals surface area contributed by atoms with Gasteiger partial charge in [0.2, 0.25) is 0 Å². The molecule has 0 atom stereocenters. The van der Waals surface area contributed by atoms with E-state index in [1.54, 1.807) is 49.5 Å². The van der Waals surface area contributed by atoms with E-state index in [4.69, 9.17) is 0 Å². The molecular formula is C17H19NO4. The van der Waals surface area contributed by atoms with Gasteiger partial charge in [0.1, 0.15) is 0 Å². The average Bonchev–Trinajstić information content (AvgIpc) is 2.50. The van der Waals surface area contributed by atoms with E-state index in [2.05, 4.69) is 4.74 Å². The van der Waals surface area contributed by atoms with Crippen LogP contribution in [0.1, 0.15) is 34.7 Å². The van der Waals surface area contributed by atoms with Crippen molar-refractivity contribution in [3.63, 3.8) is 0 Å². The van der Waals surface area contributed by atoms with Crippen molar-refractivity contribution < 1.29 is 19.1 Å². The number of benzene rings is 1. The highest BCUT2D eigenvalue weighted by atomic mass is 16.5. The summed E-state index contributed by atoms with van der Waals surface area (Å²) >= 11 is 0. The molecule has 1 fully saturated rings. The summed E-state index contributed by atoms with van der Waals surface area (Å²) in [6, 6.07) is 6.86. The highest BCUT2D eigenvalue weighted by Crippen LogP contribution is 2.31. The summed E-state index contributed by atoms with van der Waals surface area (Å²) in [6.07, 6.45) is 2.20. The topological polar surface area (TPSA) is 63.7 Å². The van der Waals surface area contributed by atoms with Gasteiger partial charge in [-0.15, -0.1) is 0 Å². The number of methoxy groups -OCH3 is 1. The van der Waals surface area contributed by atoms with E-state index in [1.165, 1.54) is 7.11 Å². The number of nitrogens with zero attached hydrogens (tertiary/aromatic N) is 1. The summed E-state index contributed by atoms with van der Waals surface area (Å²) in [5.74, 6) is -0.802. The van der Waals surface area contributed by atoms with Gasteiger partial charge >= 0.3 is 5.97 Å². The summed E-state index contributed by atoms with van der Waals surface area (Å²) in [7, 11) is 4.89. The Morgan fingerprint density at radius 1 is 1.14 bits per heavy atom. The summed E-state index contributed by atoms with van der Waals surface area (Å²) < 4.78 is 4.65. The third-order valence-electron chi connectivity index (χ3n) is 3.65. The number of carbonyl (C=O) groups excluding carboxylic acids is 3. The molecule has 2 rings (SSSR count). The van der Waals surface area contributed by atoms with Crippen LogP contribution in [0.3, 0.4) is 0 Å². The van der Waals surface area contributed by atoms with Gasteiger partial charge < -0.3 is 9.64 Å². The number of ether oxygens (including phenoxy) is 1. The van der Waals surface area contributed by atoms with Gasteiger partial charge in [-0.3, -0.25) is 9.59 Å². The van der Waals surface area contributed by atoms with Crippen LogP contribution in [0.2, 0.25) is 0 Å². The predicted octanol–water partition coefficient (Wildman–Crippen LogP) is 1.93. The summed E-state index contributed by atoms with van der Waals surface area (Å²) in [5, 5.41) is 0. The Morgan fingerprint density at radius 2 is 1.68 bits per heavy atom. The van der Waals surface area contributed by atoms with Crippen LogP contribution < -0.4 is 0 Å². The lowest BCUT2D eigenvalue weighted by molar-refractivity contribution is -0.124. The van der Waals surface area contributed by atoms with Crippen LogP contribution >= 0.6 is 0 Å². The first-order valence-corrected chi connectivity index (χ1v) is 7.05. The quantitative estimate of drug-likeness (QED) is 0.485. The van der Waals surface area contributed by atoms with Gasteiger partial charge in [-0.2, -0.15) is 0 Å². The van der Waals surface area contributed by atoms with Crippen LogP contribution in [0.15, 0.2) is 36.0 Å². The van der Waals surface area contributed by atoms with E-state index < -0.39 is 5.97 Å².